The number of hydrogen-bond donors (Lipinski definition) is 3. The molecule has 0 aliphatic rings. The molecule has 0 heterocycles. The summed E-state index contributed by atoms with van der Waals surface area (Å²) in [5.41, 5.74) is 5.91. The van der Waals surface area contributed by atoms with E-state index in [0.29, 0.717) is 11.4 Å². The van der Waals surface area contributed by atoms with E-state index >= 15 is 0 Å². The van der Waals surface area contributed by atoms with Crippen molar-refractivity contribution in [2.75, 3.05) is 5.32 Å². The molecule has 0 unspecified atom stereocenters. The number of aryl methyl sites for hydroxylation is 2. The van der Waals surface area contributed by atoms with Gasteiger partial charge in [0.25, 0.3) is 0 Å². The summed E-state index contributed by atoms with van der Waals surface area (Å²) in [4.78, 5) is 23.8. The Morgan fingerprint density at radius 2 is 1.67 bits per heavy atom. The van der Waals surface area contributed by atoms with Gasteiger partial charge in [-0.05, 0) is 67.8 Å². The number of phenolic OH excluding ortho intramolecular Hbond substituents is 1. The van der Waals surface area contributed by atoms with Crippen molar-refractivity contribution in [3.05, 3.63) is 59.2 Å². The summed E-state index contributed by atoms with van der Waals surface area (Å²) in [5, 5.41) is 15.7. The van der Waals surface area contributed by atoms with Crippen molar-refractivity contribution in [3.63, 3.8) is 0 Å². The Kier molecular flexibility index (Phi) is 5.31. The Labute approximate surface area is 140 Å². The standard InChI is InChI=1S/C18H19N3O3/c1-11-4-5-12(2)16(10-11)19-17(23)18(24)21-20-13(3)14-6-8-15(22)9-7-14/h4-10,22H,1-3H3,(H,19,23)(H,21,24). The molecule has 6 heteroatoms. The van der Waals surface area contributed by atoms with Crippen LogP contribution < -0.4 is 10.7 Å². The lowest BCUT2D eigenvalue weighted by Gasteiger charge is -2.08. The van der Waals surface area contributed by atoms with Gasteiger partial charge < -0.3 is 10.4 Å². The van der Waals surface area contributed by atoms with E-state index in [2.05, 4.69) is 15.8 Å². The van der Waals surface area contributed by atoms with Crippen LogP contribution in [0.25, 0.3) is 0 Å². The Hall–Kier alpha value is -3.15. The molecule has 3 N–H and O–H groups in total. The number of carbonyl (C=O) groups excluding carboxylic acids is 2. The third-order valence-corrected chi connectivity index (χ3v) is 3.46. The van der Waals surface area contributed by atoms with Crippen molar-refractivity contribution in [2.45, 2.75) is 20.8 Å². The normalized spacial score (nSPS) is 11.0. The van der Waals surface area contributed by atoms with Gasteiger partial charge in [0.15, 0.2) is 0 Å². The number of hydrazone groups is 1. The van der Waals surface area contributed by atoms with Crippen LogP contribution in [-0.4, -0.2) is 22.6 Å². The van der Waals surface area contributed by atoms with Crippen LogP contribution in [0.5, 0.6) is 5.75 Å². The fourth-order valence-corrected chi connectivity index (χ4v) is 2.00. The fourth-order valence-electron chi connectivity index (χ4n) is 2.00. The number of nitrogens with one attached hydrogen (secondary N) is 2. The molecule has 2 aromatic carbocycles. The molecule has 124 valence electrons. The van der Waals surface area contributed by atoms with Gasteiger partial charge in [0, 0.05) is 5.69 Å². The molecule has 0 fully saturated rings. The lowest BCUT2D eigenvalue weighted by molar-refractivity contribution is -0.136. The topological polar surface area (TPSA) is 90.8 Å². The summed E-state index contributed by atoms with van der Waals surface area (Å²) in [6.45, 7) is 5.44. The number of hydrogen-bond acceptors (Lipinski definition) is 4. The van der Waals surface area contributed by atoms with Gasteiger partial charge >= 0.3 is 11.8 Å². The van der Waals surface area contributed by atoms with Gasteiger partial charge in [0.05, 0.1) is 5.71 Å². The van der Waals surface area contributed by atoms with Gasteiger partial charge in [0.2, 0.25) is 0 Å². The lowest BCUT2D eigenvalue weighted by Crippen LogP contribution is -2.33. The summed E-state index contributed by atoms with van der Waals surface area (Å²) in [7, 11) is 0. The lowest BCUT2D eigenvalue weighted by atomic mass is 10.1. The van der Waals surface area contributed by atoms with Crippen molar-refractivity contribution in [2.24, 2.45) is 5.10 Å². The molecule has 24 heavy (non-hydrogen) atoms. The van der Waals surface area contributed by atoms with Gasteiger partial charge in [-0.3, -0.25) is 9.59 Å². The molecule has 0 aromatic heterocycles. The molecular formula is C18H19N3O3. The Morgan fingerprint density at radius 1 is 1.00 bits per heavy atom. The molecule has 0 aliphatic heterocycles. The van der Waals surface area contributed by atoms with E-state index in [4.69, 9.17) is 0 Å². The van der Waals surface area contributed by atoms with Crippen LogP contribution in [0.3, 0.4) is 0 Å². The Morgan fingerprint density at radius 3 is 2.33 bits per heavy atom. The van der Waals surface area contributed by atoms with E-state index in [9.17, 15) is 14.7 Å². The minimum Gasteiger partial charge on any atom is -0.508 e. The number of phenols is 1. The maximum Gasteiger partial charge on any atom is 0.329 e. The summed E-state index contributed by atoms with van der Waals surface area (Å²) in [6, 6.07) is 12.0. The number of amides is 2. The maximum atomic E-state index is 11.9. The molecule has 0 bridgehead atoms. The number of rotatable bonds is 3. The van der Waals surface area contributed by atoms with Crippen LogP contribution in [0.2, 0.25) is 0 Å². The third-order valence-electron chi connectivity index (χ3n) is 3.46. The highest BCUT2D eigenvalue weighted by molar-refractivity contribution is 6.39. The minimum atomic E-state index is -0.853. The van der Waals surface area contributed by atoms with Crippen molar-refractivity contribution in [1.82, 2.24) is 5.43 Å². The molecule has 0 spiro atoms. The van der Waals surface area contributed by atoms with Gasteiger partial charge in [0.1, 0.15) is 5.75 Å². The van der Waals surface area contributed by atoms with Crippen molar-refractivity contribution >= 4 is 23.2 Å². The molecule has 2 aromatic rings. The fraction of sp³-hybridized carbons (Fsp3) is 0.167. The van der Waals surface area contributed by atoms with Crippen LogP contribution >= 0.6 is 0 Å². The van der Waals surface area contributed by atoms with Gasteiger partial charge in [-0.1, -0.05) is 12.1 Å². The van der Waals surface area contributed by atoms with E-state index in [1.807, 2.05) is 26.0 Å². The smallest absolute Gasteiger partial charge is 0.329 e. The molecule has 0 saturated carbocycles. The van der Waals surface area contributed by atoms with Gasteiger partial charge in [-0.15, -0.1) is 0 Å². The molecule has 2 amide bonds. The first-order valence-corrected chi connectivity index (χ1v) is 7.39. The zero-order valence-electron chi connectivity index (χ0n) is 13.8. The van der Waals surface area contributed by atoms with E-state index in [1.54, 1.807) is 25.1 Å². The molecular weight excluding hydrogens is 306 g/mol. The van der Waals surface area contributed by atoms with Gasteiger partial charge in [-0.25, -0.2) is 5.43 Å². The van der Waals surface area contributed by atoms with E-state index in [0.717, 1.165) is 16.7 Å². The second-order valence-electron chi connectivity index (χ2n) is 5.46. The zero-order valence-corrected chi connectivity index (χ0v) is 13.8. The highest BCUT2D eigenvalue weighted by atomic mass is 16.3. The third kappa shape index (κ3) is 4.42. The Balaban J connectivity index is 2.01. The number of aromatic hydroxyl groups is 1. The summed E-state index contributed by atoms with van der Waals surface area (Å²) in [5.74, 6) is -1.50. The molecule has 0 aliphatic carbocycles. The monoisotopic (exact) mass is 325 g/mol. The second kappa shape index (κ2) is 7.41. The largest absolute Gasteiger partial charge is 0.508 e. The van der Waals surface area contributed by atoms with Crippen LogP contribution in [0.15, 0.2) is 47.6 Å². The minimum absolute atomic E-state index is 0.142. The van der Waals surface area contributed by atoms with Crippen molar-refractivity contribution in [3.8, 4) is 5.75 Å². The first-order valence-electron chi connectivity index (χ1n) is 7.39. The first-order chi connectivity index (χ1) is 11.4. The predicted octanol–water partition coefficient (Wildman–Crippen LogP) is 2.49. The second-order valence-corrected chi connectivity index (χ2v) is 5.46. The molecule has 0 radical (unpaired) electrons. The molecule has 6 nitrogen and oxygen atoms in total. The molecule has 2 rings (SSSR count). The van der Waals surface area contributed by atoms with Crippen molar-refractivity contribution < 1.29 is 14.7 Å². The first kappa shape index (κ1) is 17.2. The van der Waals surface area contributed by atoms with E-state index in [-0.39, 0.29) is 5.75 Å². The SMILES string of the molecule is CC(=NNC(=O)C(=O)Nc1cc(C)ccc1C)c1ccc(O)cc1. The summed E-state index contributed by atoms with van der Waals surface area (Å²) >= 11 is 0. The van der Waals surface area contributed by atoms with Crippen LogP contribution in [0, 0.1) is 13.8 Å². The zero-order chi connectivity index (χ0) is 17.7. The Bertz CT molecular complexity index is 796. The van der Waals surface area contributed by atoms with Crippen LogP contribution in [0.1, 0.15) is 23.6 Å². The highest BCUT2D eigenvalue weighted by Gasteiger charge is 2.14. The highest BCUT2D eigenvalue weighted by Crippen LogP contribution is 2.16. The van der Waals surface area contributed by atoms with Crippen LogP contribution in [0.4, 0.5) is 5.69 Å². The van der Waals surface area contributed by atoms with E-state index in [1.165, 1.54) is 12.1 Å². The van der Waals surface area contributed by atoms with Gasteiger partial charge in [-0.2, -0.15) is 5.10 Å². The summed E-state index contributed by atoms with van der Waals surface area (Å²) in [6.07, 6.45) is 0. The van der Waals surface area contributed by atoms with Crippen molar-refractivity contribution in [1.29, 1.82) is 0 Å². The average Bonchev–Trinajstić information content (AvgIpc) is 2.56. The maximum absolute atomic E-state index is 11.9. The number of anilines is 1. The average molecular weight is 325 g/mol. The number of benzene rings is 2. The van der Waals surface area contributed by atoms with E-state index < -0.39 is 11.8 Å². The number of nitrogens with zero attached hydrogens (tertiary/aromatic N) is 1. The molecule has 0 atom stereocenters. The summed E-state index contributed by atoms with van der Waals surface area (Å²) < 4.78 is 0. The number of carbonyl (C=O) groups is 2. The predicted molar refractivity (Wildman–Crippen MR) is 93.0 cm³/mol. The quantitative estimate of drug-likeness (QED) is 0.460. The molecule has 0 saturated heterocycles. The van der Waals surface area contributed by atoms with Crippen LogP contribution in [-0.2, 0) is 9.59 Å².